The van der Waals surface area contributed by atoms with Gasteiger partial charge in [-0.05, 0) is 55.4 Å². The minimum Gasteiger partial charge on any atom is -0.348 e. The topological polar surface area (TPSA) is 61.0 Å². The minimum atomic E-state index is -0.0643. The molecule has 22 heavy (non-hydrogen) atoms. The number of amides is 2. The summed E-state index contributed by atoms with van der Waals surface area (Å²) in [5.74, 6) is 0.499. The molecule has 3 rings (SSSR count). The Morgan fingerprint density at radius 3 is 3.05 bits per heavy atom. The van der Waals surface area contributed by atoms with Crippen LogP contribution in [0.2, 0.25) is 0 Å². The molecule has 1 unspecified atom stereocenters. The van der Waals surface area contributed by atoms with E-state index in [-0.39, 0.29) is 6.03 Å². The summed E-state index contributed by atoms with van der Waals surface area (Å²) in [5.41, 5.74) is 4.91. The lowest BCUT2D eigenvalue weighted by atomic mass is 9.96. The molecule has 2 aromatic rings. The summed E-state index contributed by atoms with van der Waals surface area (Å²) >= 11 is 0. The molecule has 116 valence electrons. The zero-order chi connectivity index (χ0) is 15.5. The molecule has 1 heterocycles. The maximum Gasteiger partial charge on any atom is 0.321 e. The number of imidazole rings is 1. The number of nitrogens with one attached hydrogen (secondary N) is 2. The lowest BCUT2D eigenvalue weighted by Crippen LogP contribution is -2.38. The number of anilines is 1. The van der Waals surface area contributed by atoms with E-state index < -0.39 is 0 Å². The highest BCUT2D eigenvalue weighted by Gasteiger charge is 2.24. The molecular weight excluding hydrogens is 276 g/mol. The van der Waals surface area contributed by atoms with Gasteiger partial charge in [0.1, 0.15) is 0 Å². The fourth-order valence-corrected chi connectivity index (χ4v) is 3.30. The van der Waals surface area contributed by atoms with Gasteiger partial charge in [-0.2, -0.15) is 0 Å². The first-order valence-electron chi connectivity index (χ1n) is 7.82. The average molecular weight is 298 g/mol. The van der Waals surface area contributed by atoms with Gasteiger partial charge in [-0.15, -0.1) is 0 Å². The Kier molecular flexibility index (Phi) is 4.13. The fraction of sp³-hybridized carbons (Fsp3) is 0.412. The van der Waals surface area contributed by atoms with Crippen LogP contribution in [-0.4, -0.2) is 29.6 Å². The zero-order valence-corrected chi connectivity index (χ0v) is 13.1. The largest absolute Gasteiger partial charge is 0.348 e. The molecule has 0 saturated carbocycles. The SMILES string of the molecule is CCN(C(=O)NC)c1ccc2c(c1)C(Cc1cnc[nH]1)CC2. The lowest BCUT2D eigenvalue weighted by Gasteiger charge is -2.22. The van der Waals surface area contributed by atoms with Gasteiger partial charge >= 0.3 is 6.03 Å². The third-order valence-corrected chi connectivity index (χ3v) is 4.44. The Bertz CT molecular complexity index is 651. The van der Waals surface area contributed by atoms with Gasteiger partial charge < -0.3 is 10.3 Å². The van der Waals surface area contributed by atoms with Crippen LogP contribution in [0.5, 0.6) is 0 Å². The van der Waals surface area contributed by atoms with Crippen LogP contribution in [0.3, 0.4) is 0 Å². The molecule has 1 aliphatic rings. The molecule has 2 N–H and O–H groups in total. The Hall–Kier alpha value is -2.30. The highest BCUT2D eigenvalue weighted by atomic mass is 16.2. The highest BCUT2D eigenvalue weighted by molar-refractivity contribution is 5.91. The molecule has 0 bridgehead atoms. The van der Waals surface area contributed by atoms with E-state index in [0.29, 0.717) is 12.5 Å². The summed E-state index contributed by atoms with van der Waals surface area (Å²) in [4.78, 5) is 21.0. The van der Waals surface area contributed by atoms with Crippen molar-refractivity contribution in [1.29, 1.82) is 0 Å². The first-order valence-corrected chi connectivity index (χ1v) is 7.82. The third kappa shape index (κ3) is 2.71. The number of urea groups is 1. The molecule has 0 fully saturated rings. The maximum atomic E-state index is 12.0. The van der Waals surface area contributed by atoms with Crippen LogP contribution < -0.4 is 10.2 Å². The van der Waals surface area contributed by atoms with Crippen molar-refractivity contribution in [1.82, 2.24) is 15.3 Å². The molecule has 5 heteroatoms. The van der Waals surface area contributed by atoms with Crippen molar-refractivity contribution in [3.63, 3.8) is 0 Å². The zero-order valence-electron chi connectivity index (χ0n) is 13.1. The Morgan fingerprint density at radius 2 is 2.36 bits per heavy atom. The fourth-order valence-electron chi connectivity index (χ4n) is 3.30. The highest BCUT2D eigenvalue weighted by Crippen LogP contribution is 2.37. The molecular formula is C17H22N4O. The van der Waals surface area contributed by atoms with Crippen molar-refractivity contribution in [2.24, 2.45) is 0 Å². The van der Waals surface area contributed by atoms with Gasteiger partial charge in [0.25, 0.3) is 0 Å². The monoisotopic (exact) mass is 298 g/mol. The van der Waals surface area contributed by atoms with Crippen molar-refractivity contribution >= 4 is 11.7 Å². The van der Waals surface area contributed by atoms with Crippen molar-refractivity contribution in [2.45, 2.75) is 32.1 Å². The van der Waals surface area contributed by atoms with Gasteiger partial charge in [0, 0.05) is 31.2 Å². The molecule has 0 radical (unpaired) electrons. The van der Waals surface area contributed by atoms with Crippen molar-refractivity contribution in [3.8, 4) is 0 Å². The van der Waals surface area contributed by atoms with E-state index in [1.807, 2.05) is 13.1 Å². The van der Waals surface area contributed by atoms with Crippen LogP contribution in [0.25, 0.3) is 0 Å². The second-order valence-electron chi connectivity index (χ2n) is 5.70. The number of nitrogens with zero attached hydrogens (tertiary/aromatic N) is 2. The first kappa shape index (κ1) is 14.6. The molecule has 5 nitrogen and oxygen atoms in total. The standard InChI is InChI=1S/C17H22N4O/c1-3-21(17(22)18-2)15-7-6-12-4-5-13(16(12)9-15)8-14-10-19-11-20-14/h6-7,9-11,13H,3-5,8H2,1-2H3,(H,18,22)(H,19,20). The quantitative estimate of drug-likeness (QED) is 0.911. The van der Waals surface area contributed by atoms with Crippen LogP contribution in [0.1, 0.15) is 36.1 Å². The average Bonchev–Trinajstić information content (AvgIpc) is 3.18. The van der Waals surface area contributed by atoms with Crippen LogP contribution >= 0.6 is 0 Å². The van der Waals surface area contributed by atoms with E-state index in [1.165, 1.54) is 16.8 Å². The van der Waals surface area contributed by atoms with Gasteiger partial charge in [-0.3, -0.25) is 4.90 Å². The minimum absolute atomic E-state index is 0.0643. The van der Waals surface area contributed by atoms with Crippen molar-refractivity contribution < 1.29 is 4.79 Å². The summed E-state index contributed by atoms with van der Waals surface area (Å²) in [7, 11) is 1.67. The van der Waals surface area contributed by atoms with Crippen molar-refractivity contribution in [2.75, 3.05) is 18.5 Å². The van der Waals surface area contributed by atoms with E-state index in [1.54, 1.807) is 18.3 Å². The van der Waals surface area contributed by atoms with E-state index in [0.717, 1.165) is 24.9 Å². The molecule has 1 aromatic carbocycles. The summed E-state index contributed by atoms with van der Waals surface area (Å²) in [6, 6.07) is 6.34. The Balaban J connectivity index is 1.87. The molecule has 1 aromatic heterocycles. The Labute approximate surface area is 130 Å². The molecule has 1 atom stereocenters. The van der Waals surface area contributed by atoms with Gasteiger partial charge in [-0.1, -0.05) is 6.07 Å². The maximum absolute atomic E-state index is 12.0. The van der Waals surface area contributed by atoms with Gasteiger partial charge in [-0.25, -0.2) is 9.78 Å². The number of aryl methyl sites for hydroxylation is 1. The van der Waals surface area contributed by atoms with Crippen LogP contribution in [-0.2, 0) is 12.8 Å². The van der Waals surface area contributed by atoms with Gasteiger partial charge in [0.05, 0.1) is 6.33 Å². The van der Waals surface area contributed by atoms with Gasteiger partial charge in [0.15, 0.2) is 0 Å². The van der Waals surface area contributed by atoms with E-state index in [4.69, 9.17) is 0 Å². The first-order chi connectivity index (χ1) is 10.7. The second-order valence-corrected chi connectivity index (χ2v) is 5.70. The number of hydrogen-bond donors (Lipinski definition) is 2. The number of H-pyrrole nitrogens is 1. The lowest BCUT2D eigenvalue weighted by molar-refractivity contribution is 0.248. The number of hydrogen-bond acceptors (Lipinski definition) is 2. The molecule has 0 aliphatic heterocycles. The van der Waals surface area contributed by atoms with Crippen molar-refractivity contribution in [3.05, 3.63) is 47.5 Å². The van der Waals surface area contributed by atoms with Gasteiger partial charge in [0.2, 0.25) is 0 Å². The summed E-state index contributed by atoms with van der Waals surface area (Å²) in [6.07, 6.45) is 6.86. The second kappa shape index (κ2) is 6.22. The normalized spacial score (nSPS) is 16.4. The number of aromatic nitrogens is 2. The van der Waals surface area contributed by atoms with Crippen LogP contribution in [0.15, 0.2) is 30.7 Å². The Morgan fingerprint density at radius 1 is 1.50 bits per heavy atom. The van der Waals surface area contributed by atoms with E-state index in [9.17, 15) is 4.79 Å². The number of rotatable bonds is 4. The number of fused-ring (bicyclic) bond motifs is 1. The third-order valence-electron chi connectivity index (χ3n) is 4.44. The number of benzene rings is 1. The molecule has 0 spiro atoms. The summed E-state index contributed by atoms with van der Waals surface area (Å²) < 4.78 is 0. The number of aromatic amines is 1. The number of carbonyl (C=O) groups is 1. The molecule has 0 saturated heterocycles. The number of carbonyl (C=O) groups excluding carboxylic acids is 1. The van der Waals surface area contributed by atoms with Crippen LogP contribution in [0, 0.1) is 0 Å². The predicted octanol–water partition coefficient (Wildman–Crippen LogP) is 2.85. The van der Waals surface area contributed by atoms with E-state index in [2.05, 4.69) is 33.5 Å². The summed E-state index contributed by atoms with van der Waals surface area (Å²) in [5, 5.41) is 2.70. The summed E-state index contributed by atoms with van der Waals surface area (Å²) in [6.45, 7) is 2.65. The van der Waals surface area contributed by atoms with Crippen LogP contribution in [0.4, 0.5) is 10.5 Å². The van der Waals surface area contributed by atoms with E-state index >= 15 is 0 Å². The molecule has 2 amide bonds. The smallest absolute Gasteiger partial charge is 0.321 e. The molecule has 1 aliphatic carbocycles. The predicted molar refractivity (Wildman–Crippen MR) is 87.3 cm³/mol.